The van der Waals surface area contributed by atoms with Crippen LogP contribution >= 0.6 is 12.2 Å². The smallest absolute Gasteiger partial charge is 0.251 e. The van der Waals surface area contributed by atoms with Crippen LogP contribution in [0.4, 0.5) is 5.69 Å². The van der Waals surface area contributed by atoms with Crippen LogP contribution in [0, 0.1) is 0 Å². The molecule has 6 nitrogen and oxygen atoms in total. The van der Waals surface area contributed by atoms with E-state index in [0.29, 0.717) is 37.2 Å². The van der Waals surface area contributed by atoms with Gasteiger partial charge in [-0.15, -0.1) is 0 Å². The number of carbonyl (C=O) groups excluding carboxylic acids is 2. The number of aryl methyl sites for hydroxylation is 1. The molecule has 2 rings (SSSR count). The van der Waals surface area contributed by atoms with Crippen LogP contribution in [0.2, 0.25) is 0 Å². The van der Waals surface area contributed by atoms with Crippen molar-refractivity contribution >= 4 is 34.8 Å². The maximum Gasteiger partial charge on any atom is 0.251 e. The van der Waals surface area contributed by atoms with Gasteiger partial charge in [0, 0.05) is 37.9 Å². The zero-order valence-corrected chi connectivity index (χ0v) is 16.7. The maximum atomic E-state index is 12.2. The molecule has 148 valence electrons. The van der Waals surface area contributed by atoms with Gasteiger partial charge < -0.3 is 20.7 Å². The van der Waals surface area contributed by atoms with Crippen LogP contribution in [0.3, 0.4) is 0 Å². The molecule has 7 heteroatoms. The quantitative estimate of drug-likeness (QED) is 0.446. The molecule has 2 aromatic rings. The Kier molecular flexibility index (Phi) is 9.10. The molecule has 0 spiro atoms. The van der Waals surface area contributed by atoms with Gasteiger partial charge in [-0.2, -0.15) is 0 Å². The summed E-state index contributed by atoms with van der Waals surface area (Å²) in [4.78, 5) is 24.2. The number of thiocarbonyl (C=S) groups is 1. The number of carbonyl (C=O) groups is 2. The minimum Gasteiger partial charge on any atom is -0.385 e. The summed E-state index contributed by atoms with van der Waals surface area (Å²) >= 11 is 5.19. The van der Waals surface area contributed by atoms with Crippen molar-refractivity contribution in [2.45, 2.75) is 19.3 Å². The van der Waals surface area contributed by atoms with Gasteiger partial charge in [0.05, 0.1) is 0 Å². The Morgan fingerprint density at radius 1 is 1.07 bits per heavy atom. The first kappa shape index (κ1) is 21.5. The summed E-state index contributed by atoms with van der Waals surface area (Å²) in [5, 5.41) is 8.64. The van der Waals surface area contributed by atoms with Crippen molar-refractivity contribution in [1.82, 2.24) is 10.6 Å². The second-order valence-corrected chi connectivity index (χ2v) is 6.58. The van der Waals surface area contributed by atoms with Crippen molar-refractivity contribution in [1.29, 1.82) is 0 Å². The molecule has 0 heterocycles. The number of amides is 2. The minimum atomic E-state index is -0.169. The third-order valence-electron chi connectivity index (χ3n) is 3.93. The summed E-state index contributed by atoms with van der Waals surface area (Å²) < 4.78 is 4.96. The molecule has 0 aliphatic rings. The lowest BCUT2D eigenvalue weighted by molar-refractivity contribution is -0.119. The van der Waals surface area contributed by atoms with Crippen molar-refractivity contribution in [3.05, 3.63) is 65.7 Å². The SMILES string of the molecule is COCCCNC(=O)c1cccc(NC(=S)NC(=O)CCc2ccccc2)c1. The van der Waals surface area contributed by atoms with Crippen LogP contribution in [0.25, 0.3) is 0 Å². The summed E-state index contributed by atoms with van der Waals surface area (Å²) in [5.41, 5.74) is 2.25. The molecule has 0 aromatic heterocycles. The van der Waals surface area contributed by atoms with Gasteiger partial charge in [-0.3, -0.25) is 9.59 Å². The number of hydrogen-bond acceptors (Lipinski definition) is 4. The van der Waals surface area contributed by atoms with Crippen LogP contribution in [0.5, 0.6) is 0 Å². The number of anilines is 1. The average molecular weight is 400 g/mol. The molecular weight excluding hydrogens is 374 g/mol. The fourth-order valence-electron chi connectivity index (χ4n) is 2.51. The van der Waals surface area contributed by atoms with E-state index in [0.717, 1.165) is 12.0 Å². The van der Waals surface area contributed by atoms with E-state index in [4.69, 9.17) is 17.0 Å². The molecule has 0 bridgehead atoms. The summed E-state index contributed by atoms with van der Waals surface area (Å²) in [6.45, 7) is 1.14. The number of hydrogen-bond donors (Lipinski definition) is 3. The summed E-state index contributed by atoms with van der Waals surface area (Å²) in [6.07, 6.45) is 1.74. The monoisotopic (exact) mass is 399 g/mol. The normalized spacial score (nSPS) is 10.2. The first-order chi connectivity index (χ1) is 13.6. The highest BCUT2D eigenvalue weighted by atomic mass is 32.1. The first-order valence-electron chi connectivity index (χ1n) is 9.10. The number of methoxy groups -OCH3 is 1. The standard InChI is InChI=1S/C21H25N3O3S/c1-27-14-6-13-22-20(26)17-9-5-10-18(15-17)23-21(28)24-19(25)12-11-16-7-3-2-4-8-16/h2-5,7-10,15H,6,11-14H2,1H3,(H,22,26)(H2,23,24,25,28). The molecule has 0 atom stereocenters. The average Bonchev–Trinajstić information content (AvgIpc) is 2.70. The molecule has 0 saturated heterocycles. The molecule has 0 aliphatic heterocycles. The molecule has 0 aliphatic carbocycles. The van der Waals surface area contributed by atoms with Crippen molar-refractivity contribution in [3.63, 3.8) is 0 Å². The summed E-state index contributed by atoms with van der Waals surface area (Å²) in [6, 6.07) is 16.7. The largest absolute Gasteiger partial charge is 0.385 e. The van der Waals surface area contributed by atoms with E-state index in [1.165, 1.54) is 0 Å². The Morgan fingerprint density at radius 3 is 2.61 bits per heavy atom. The lowest BCUT2D eigenvalue weighted by atomic mass is 10.1. The highest BCUT2D eigenvalue weighted by Crippen LogP contribution is 2.11. The Hall–Kier alpha value is -2.77. The van der Waals surface area contributed by atoms with Crippen molar-refractivity contribution in [2.75, 3.05) is 25.6 Å². The Labute approximate surface area is 170 Å². The van der Waals surface area contributed by atoms with E-state index in [-0.39, 0.29) is 16.9 Å². The fraction of sp³-hybridized carbons (Fsp3) is 0.286. The molecule has 28 heavy (non-hydrogen) atoms. The third-order valence-corrected chi connectivity index (χ3v) is 4.13. The first-order valence-corrected chi connectivity index (χ1v) is 9.51. The highest BCUT2D eigenvalue weighted by molar-refractivity contribution is 7.80. The van der Waals surface area contributed by atoms with Crippen LogP contribution in [-0.2, 0) is 16.0 Å². The summed E-state index contributed by atoms with van der Waals surface area (Å²) in [7, 11) is 1.63. The van der Waals surface area contributed by atoms with Crippen LogP contribution in [0.15, 0.2) is 54.6 Å². The number of ether oxygens (including phenoxy) is 1. The second kappa shape index (κ2) is 11.8. The van der Waals surface area contributed by atoms with Gasteiger partial charge in [0.1, 0.15) is 0 Å². The van der Waals surface area contributed by atoms with Crippen LogP contribution in [0.1, 0.15) is 28.8 Å². The molecule has 2 amide bonds. The third kappa shape index (κ3) is 7.85. The zero-order valence-electron chi connectivity index (χ0n) is 15.9. The topological polar surface area (TPSA) is 79.5 Å². The van der Waals surface area contributed by atoms with E-state index < -0.39 is 0 Å². The van der Waals surface area contributed by atoms with Crippen molar-refractivity contribution in [2.24, 2.45) is 0 Å². The predicted molar refractivity (Wildman–Crippen MR) is 114 cm³/mol. The van der Waals surface area contributed by atoms with Crippen LogP contribution in [-0.4, -0.2) is 37.2 Å². The van der Waals surface area contributed by atoms with Gasteiger partial charge >= 0.3 is 0 Å². The molecule has 0 radical (unpaired) electrons. The molecule has 3 N–H and O–H groups in total. The summed E-state index contributed by atoms with van der Waals surface area (Å²) in [5.74, 6) is -0.328. The molecular formula is C21H25N3O3S. The Morgan fingerprint density at radius 2 is 1.86 bits per heavy atom. The van der Waals surface area contributed by atoms with Gasteiger partial charge in [-0.1, -0.05) is 36.4 Å². The van der Waals surface area contributed by atoms with Gasteiger partial charge in [0.15, 0.2) is 5.11 Å². The van der Waals surface area contributed by atoms with Crippen molar-refractivity contribution < 1.29 is 14.3 Å². The van der Waals surface area contributed by atoms with E-state index in [9.17, 15) is 9.59 Å². The molecule has 0 saturated carbocycles. The van der Waals surface area contributed by atoms with Gasteiger partial charge in [-0.25, -0.2) is 0 Å². The molecule has 0 fully saturated rings. The number of benzene rings is 2. The van der Waals surface area contributed by atoms with E-state index in [1.807, 2.05) is 30.3 Å². The van der Waals surface area contributed by atoms with Crippen LogP contribution < -0.4 is 16.0 Å². The predicted octanol–water partition coefficient (Wildman–Crippen LogP) is 2.90. The molecule has 2 aromatic carbocycles. The number of rotatable bonds is 9. The minimum absolute atomic E-state index is 0.159. The number of nitrogens with one attached hydrogen (secondary N) is 3. The van der Waals surface area contributed by atoms with E-state index in [2.05, 4.69) is 16.0 Å². The Balaban J connectivity index is 1.79. The van der Waals surface area contributed by atoms with Gasteiger partial charge in [0.2, 0.25) is 5.91 Å². The van der Waals surface area contributed by atoms with Crippen molar-refractivity contribution in [3.8, 4) is 0 Å². The van der Waals surface area contributed by atoms with E-state index in [1.54, 1.807) is 31.4 Å². The second-order valence-electron chi connectivity index (χ2n) is 6.17. The lowest BCUT2D eigenvalue weighted by Gasteiger charge is -2.11. The highest BCUT2D eigenvalue weighted by Gasteiger charge is 2.08. The van der Waals surface area contributed by atoms with Gasteiger partial charge in [-0.05, 0) is 48.8 Å². The zero-order chi connectivity index (χ0) is 20.2. The maximum absolute atomic E-state index is 12.2. The van der Waals surface area contributed by atoms with E-state index >= 15 is 0 Å². The molecule has 0 unspecified atom stereocenters. The Bertz CT molecular complexity index is 796. The fourth-order valence-corrected chi connectivity index (χ4v) is 2.74. The van der Waals surface area contributed by atoms with Gasteiger partial charge in [0.25, 0.3) is 5.91 Å². The lowest BCUT2D eigenvalue weighted by Crippen LogP contribution is -2.34.